The average molecular weight is 396 g/mol. The number of aliphatic hydroxyl groups is 1. The molecule has 1 saturated heterocycles. The van der Waals surface area contributed by atoms with E-state index in [2.05, 4.69) is 30.3 Å². The molecule has 0 radical (unpaired) electrons. The van der Waals surface area contributed by atoms with Crippen molar-refractivity contribution in [3.05, 3.63) is 53.0 Å². The monoisotopic (exact) mass is 396 g/mol. The van der Waals surface area contributed by atoms with Crippen molar-refractivity contribution in [2.24, 2.45) is 0 Å². The molecule has 0 saturated carbocycles. The third-order valence-corrected chi connectivity index (χ3v) is 5.79. The number of rotatable bonds is 5. The van der Waals surface area contributed by atoms with Crippen molar-refractivity contribution >= 4 is 17.0 Å². The number of aliphatic hydroxyl groups excluding tert-OH is 1. The summed E-state index contributed by atoms with van der Waals surface area (Å²) in [5.74, 6) is 1.93. The molecule has 1 atom stereocenters. The molecule has 1 fully saturated rings. The lowest BCUT2D eigenvalue weighted by atomic mass is 9.96. The molecule has 9 nitrogen and oxygen atoms in total. The number of thiazole rings is 1. The third-order valence-electron chi connectivity index (χ3n) is 5.19. The summed E-state index contributed by atoms with van der Waals surface area (Å²) >= 11 is 1.51. The van der Waals surface area contributed by atoms with Gasteiger partial charge >= 0.3 is 0 Å². The van der Waals surface area contributed by atoms with E-state index in [9.17, 15) is 5.11 Å². The highest BCUT2D eigenvalue weighted by Gasteiger charge is 2.26. The second kappa shape index (κ2) is 7.38. The zero-order chi connectivity index (χ0) is 18.9. The number of fused-ring (bicyclic) bond motifs is 1. The van der Waals surface area contributed by atoms with Crippen LogP contribution in [-0.4, -0.2) is 64.2 Å². The molecule has 10 heteroatoms. The Morgan fingerprint density at radius 3 is 2.86 bits per heavy atom. The summed E-state index contributed by atoms with van der Waals surface area (Å²) in [6.45, 7) is 2.41. The van der Waals surface area contributed by atoms with Crippen LogP contribution in [0.15, 0.2) is 41.5 Å². The smallest absolute Gasteiger partial charge is 0.178 e. The molecule has 0 spiro atoms. The van der Waals surface area contributed by atoms with E-state index in [-0.39, 0.29) is 0 Å². The maximum Gasteiger partial charge on any atom is 0.178 e. The Balaban J connectivity index is 1.30. The molecule has 5 rings (SSSR count). The molecule has 1 aliphatic heterocycles. The molecule has 1 unspecified atom stereocenters. The fraction of sp³-hybridized carbons (Fsp3) is 0.389. The summed E-state index contributed by atoms with van der Waals surface area (Å²) in [5, 5.41) is 29.9. The van der Waals surface area contributed by atoms with E-state index < -0.39 is 6.10 Å². The van der Waals surface area contributed by atoms with Gasteiger partial charge in [-0.3, -0.25) is 0 Å². The normalized spacial score (nSPS) is 17.3. The van der Waals surface area contributed by atoms with Crippen LogP contribution in [-0.2, 0) is 0 Å². The van der Waals surface area contributed by atoms with Crippen molar-refractivity contribution < 1.29 is 5.11 Å². The first-order chi connectivity index (χ1) is 13.8. The van der Waals surface area contributed by atoms with E-state index in [1.54, 1.807) is 16.4 Å². The van der Waals surface area contributed by atoms with Crippen LogP contribution in [0.5, 0.6) is 0 Å². The maximum atomic E-state index is 10.3. The average Bonchev–Trinajstić information content (AvgIpc) is 3.49. The molecule has 1 aliphatic rings. The number of nitrogens with zero attached hydrogens (tertiary/aromatic N) is 8. The maximum absolute atomic E-state index is 10.3. The van der Waals surface area contributed by atoms with Gasteiger partial charge in [0.15, 0.2) is 17.3 Å². The fourth-order valence-electron chi connectivity index (χ4n) is 3.68. The van der Waals surface area contributed by atoms with Crippen LogP contribution in [0, 0.1) is 0 Å². The first kappa shape index (κ1) is 17.4. The minimum absolute atomic E-state index is 0.294. The topological polar surface area (TPSA) is 97.3 Å². The zero-order valence-corrected chi connectivity index (χ0v) is 16.0. The Kier molecular flexibility index (Phi) is 4.59. The molecule has 0 amide bonds. The Bertz CT molecular complexity index is 1040. The molecule has 4 aromatic heterocycles. The first-order valence-corrected chi connectivity index (χ1v) is 10.2. The standard InChI is InChI=1S/C18H20N8OS/c27-15(14-11-28-12-19-14)10-24-8-4-13(5-9-24)18-22-21-16-2-3-17(23-26(16)18)25-7-1-6-20-25/h1-3,6-7,11-13,15,27H,4-5,8-10H2. The van der Waals surface area contributed by atoms with E-state index >= 15 is 0 Å². The predicted octanol–water partition coefficient (Wildman–Crippen LogP) is 1.68. The van der Waals surface area contributed by atoms with Crippen molar-refractivity contribution in [2.75, 3.05) is 19.6 Å². The summed E-state index contributed by atoms with van der Waals surface area (Å²) in [4.78, 5) is 6.49. The van der Waals surface area contributed by atoms with Crippen LogP contribution < -0.4 is 0 Å². The van der Waals surface area contributed by atoms with Crippen molar-refractivity contribution in [2.45, 2.75) is 24.9 Å². The van der Waals surface area contributed by atoms with Gasteiger partial charge in [-0.1, -0.05) is 0 Å². The predicted molar refractivity (Wildman–Crippen MR) is 103 cm³/mol. The van der Waals surface area contributed by atoms with E-state index in [0.29, 0.717) is 12.5 Å². The Hall–Kier alpha value is -2.69. The van der Waals surface area contributed by atoms with Gasteiger partial charge in [0.1, 0.15) is 6.10 Å². The van der Waals surface area contributed by atoms with E-state index in [1.165, 1.54) is 11.3 Å². The molecule has 144 valence electrons. The van der Waals surface area contributed by atoms with Gasteiger partial charge < -0.3 is 10.0 Å². The van der Waals surface area contributed by atoms with Crippen molar-refractivity contribution in [3.63, 3.8) is 0 Å². The van der Waals surface area contributed by atoms with Gasteiger partial charge in [-0.05, 0) is 44.1 Å². The molecular weight excluding hydrogens is 376 g/mol. The number of piperidine rings is 1. The number of likely N-dealkylation sites (tertiary alicyclic amines) is 1. The lowest BCUT2D eigenvalue weighted by molar-refractivity contribution is 0.0940. The largest absolute Gasteiger partial charge is 0.385 e. The lowest BCUT2D eigenvalue weighted by Crippen LogP contribution is -2.36. The first-order valence-electron chi connectivity index (χ1n) is 9.29. The number of hydrogen-bond donors (Lipinski definition) is 1. The molecule has 5 heterocycles. The number of β-amino-alcohol motifs (C(OH)–C–C–N with tert-alkyl or cyclic N) is 1. The van der Waals surface area contributed by atoms with Crippen LogP contribution in [0.3, 0.4) is 0 Å². The van der Waals surface area contributed by atoms with Gasteiger partial charge in [0.05, 0.1) is 11.2 Å². The van der Waals surface area contributed by atoms with Crippen molar-refractivity contribution in [3.8, 4) is 5.82 Å². The van der Waals surface area contributed by atoms with Gasteiger partial charge in [-0.2, -0.15) is 9.61 Å². The fourth-order valence-corrected chi connectivity index (χ4v) is 4.28. The Labute approximate surface area is 165 Å². The highest BCUT2D eigenvalue weighted by molar-refractivity contribution is 7.07. The van der Waals surface area contributed by atoms with E-state index in [4.69, 9.17) is 0 Å². The quantitative estimate of drug-likeness (QED) is 0.548. The van der Waals surface area contributed by atoms with E-state index in [1.807, 2.05) is 34.3 Å². The highest BCUT2D eigenvalue weighted by Crippen LogP contribution is 2.28. The van der Waals surface area contributed by atoms with Gasteiger partial charge in [0.25, 0.3) is 0 Å². The molecule has 4 aromatic rings. The lowest BCUT2D eigenvalue weighted by Gasteiger charge is -2.32. The summed E-state index contributed by atoms with van der Waals surface area (Å²) in [6.07, 6.45) is 4.98. The van der Waals surface area contributed by atoms with Crippen LogP contribution in [0.1, 0.15) is 36.4 Å². The molecule has 28 heavy (non-hydrogen) atoms. The minimum Gasteiger partial charge on any atom is -0.385 e. The molecule has 0 aromatic carbocycles. The second-order valence-electron chi connectivity index (χ2n) is 6.97. The highest BCUT2D eigenvalue weighted by atomic mass is 32.1. The Morgan fingerprint density at radius 1 is 1.21 bits per heavy atom. The molecule has 1 N–H and O–H groups in total. The minimum atomic E-state index is -0.532. The number of aromatic nitrogens is 7. The van der Waals surface area contributed by atoms with Gasteiger partial charge in [0, 0.05) is 30.2 Å². The van der Waals surface area contributed by atoms with E-state index in [0.717, 1.165) is 48.9 Å². The van der Waals surface area contributed by atoms with Crippen LogP contribution in [0.4, 0.5) is 0 Å². The van der Waals surface area contributed by atoms with Gasteiger partial charge in [-0.25, -0.2) is 9.67 Å². The van der Waals surface area contributed by atoms with Crippen LogP contribution in [0.2, 0.25) is 0 Å². The molecular formula is C18H20N8OS. The summed E-state index contributed by atoms with van der Waals surface area (Å²) in [5.41, 5.74) is 3.25. The zero-order valence-electron chi connectivity index (χ0n) is 15.2. The molecule has 0 aliphatic carbocycles. The molecule has 0 bridgehead atoms. The Morgan fingerprint density at radius 2 is 2.11 bits per heavy atom. The van der Waals surface area contributed by atoms with Crippen LogP contribution >= 0.6 is 11.3 Å². The second-order valence-corrected chi connectivity index (χ2v) is 7.69. The number of hydrogen-bond acceptors (Lipinski definition) is 8. The summed E-state index contributed by atoms with van der Waals surface area (Å²) in [7, 11) is 0. The summed E-state index contributed by atoms with van der Waals surface area (Å²) in [6, 6.07) is 5.68. The summed E-state index contributed by atoms with van der Waals surface area (Å²) < 4.78 is 3.56. The van der Waals surface area contributed by atoms with Crippen molar-refractivity contribution in [1.29, 1.82) is 0 Å². The van der Waals surface area contributed by atoms with Crippen LogP contribution in [0.25, 0.3) is 11.5 Å². The van der Waals surface area contributed by atoms with Gasteiger partial charge in [-0.15, -0.1) is 26.6 Å². The third kappa shape index (κ3) is 3.30. The SMILES string of the molecule is OC(CN1CCC(c2nnc3ccc(-n4cccn4)nn23)CC1)c1cscn1. The van der Waals surface area contributed by atoms with Crippen molar-refractivity contribution in [1.82, 2.24) is 39.5 Å². The van der Waals surface area contributed by atoms with Gasteiger partial charge in [0.2, 0.25) is 0 Å².